The summed E-state index contributed by atoms with van der Waals surface area (Å²) in [6.45, 7) is 4.07. The highest BCUT2D eigenvalue weighted by Crippen LogP contribution is 2.44. The van der Waals surface area contributed by atoms with Gasteiger partial charge in [0.15, 0.2) is 46.1 Å². The average molecular weight is 1060 g/mol. The summed E-state index contributed by atoms with van der Waals surface area (Å²) >= 11 is 0. The number of alkyl halides is 4. The minimum Gasteiger partial charge on any atom is -0.489 e. The van der Waals surface area contributed by atoms with Crippen LogP contribution in [0.2, 0.25) is 0 Å². The van der Waals surface area contributed by atoms with E-state index >= 15 is 0 Å². The summed E-state index contributed by atoms with van der Waals surface area (Å²) in [6, 6.07) is 24.3. The van der Waals surface area contributed by atoms with Gasteiger partial charge in [0, 0.05) is 49.5 Å². The zero-order valence-corrected chi connectivity index (χ0v) is 40.4. The molecule has 0 saturated carbocycles. The summed E-state index contributed by atoms with van der Waals surface area (Å²) in [7, 11) is 0. The van der Waals surface area contributed by atoms with Crippen molar-refractivity contribution in [3.8, 4) is 34.5 Å². The van der Waals surface area contributed by atoms with Crippen LogP contribution in [0.5, 0.6) is 34.5 Å². The van der Waals surface area contributed by atoms with Crippen molar-refractivity contribution in [1.82, 2.24) is 30.4 Å². The molecule has 6 aromatic rings. The molecule has 76 heavy (non-hydrogen) atoms. The molecule has 0 bridgehead atoms. The number of hydrogen-bond donors (Lipinski definition) is 2. The number of nitrogens with one attached hydrogen (secondary N) is 2. The normalized spacial score (nSPS) is 17.7. The highest BCUT2D eigenvalue weighted by atomic mass is 19.3. The Kier molecular flexibility index (Phi) is 16.4. The SMILES string of the molecule is O=C(NC(c1ccc2c(c1)OC(F)(F)O2)c1ccccn1)C1CCN(CCOc2ccc(F)cc2F)CC1.O=C(NC(c1ccc2c(c1)OC(F)(F)O2)c1ccccn1)C1CCN(CCOc2ccc(F)cc2F)CC1. The molecule has 22 heteroatoms. The van der Waals surface area contributed by atoms with Crippen LogP contribution in [0.15, 0.2) is 122 Å². The molecule has 0 spiro atoms. The van der Waals surface area contributed by atoms with Crippen LogP contribution >= 0.6 is 0 Å². The topological polar surface area (TPSA) is 146 Å². The minimum absolute atomic E-state index is 0.00605. The zero-order chi connectivity index (χ0) is 53.4. The standard InChI is InChI=1S/2C27H25F4N3O4/c2*28-19-5-7-22(20(29)16-19)36-14-13-34-11-8-17(9-12-34)26(35)33-25(21-3-1-2-10-32-21)18-4-6-23-24(15-18)38-27(30,31)37-23/h2*1-7,10,15-17,25H,8-9,11-14H2,(H,33,35). The molecule has 2 saturated heterocycles. The lowest BCUT2D eigenvalue weighted by molar-refractivity contribution is -0.287. The number of pyridine rings is 2. The second-order valence-electron chi connectivity index (χ2n) is 18.2. The lowest BCUT2D eigenvalue weighted by atomic mass is 9.94. The summed E-state index contributed by atoms with van der Waals surface area (Å²) in [5.41, 5.74) is 2.16. The van der Waals surface area contributed by atoms with Crippen LogP contribution in [0.3, 0.4) is 0 Å². The van der Waals surface area contributed by atoms with Crippen LogP contribution < -0.4 is 39.1 Å². The molecule has 4 aliphatic rings. The van der Waals surface area contributed by atoms with Crippen LogP contribution in [0.25, 0.3) is 0 Å². The number of carbonyl (C=O) groups is 2. The first-order valence-electron chi connectivity index (χ1n) is 24.4. The molecule has 4 aromatic carbocycles. The van der Waals surface area contributed by atoms with Gasteiger partial charge in [-0.25, -0.2) is 17.6 Å². The molecule has 400 valence electrons. The van der Waals surface area contributed by atoms with Gasteiger partial charge >= 0.3 is 12.6 Å². The van der Waals surface area contributed by atoms with Crippen LogP contribution in [0, 0.1) is 35.1 Å². The monoisotopic (exact) mass is 1060 g/mol. The van der Waals surface area contributed by atoms with Crippen molar-refractivity contribution in [2.75, 3.05) is 52.5 Å². The van der Waals surface area contributed by atoms with Crippen molar-refractivity contribution in [2.45, 2.75) is 50.4 Å². The molecule has 4 aliphatic heterocycles. The van der Waals surface area contributed by atoms with E-state index in [9.17, 15) is 44.7 Å². The number of likely N-dealkylation sites (tertiary alicyclic amines) is 2. The molecule has 14 nitrogen and oxygen atoms in total. The second-order valence-corrected chi connectivity index (χ2v) is 18.2. The van der Waals surface area contributed by atoms with E-state index in [-0.39, 0.29) is 71.4 Å². The number of fused-ring (bicyclic) bond motifs is 2. The summed E-state index contributed by atoms with van der Waals surface area (Å²) in [6.07, 6.45) is -1.91. The van der Waals surface area contributed by atoms with Crippen LogP contribution in [0.4, 0.5) is 35.1 Å². The van der Waals surface area contributed by atoms with Crippen molar-refractivity contribution < 1.29 is 73.1 Å². The molecule has 2 aromatic heterocycles. The fourth-order valence-electron chi connectivity index (χ4n) is 9.15. The lowest BCUT2D eigenvalue weighted by Gasteiger charge is -2.32. The number of halogens is 8. The van der Waals surface area contributed by atoms with Gasteiger partial charge < -0.3 is 39.1 Å². The number of amides is 2. The Morgan fingerprint density at radius 2 is 0.934 bits per heavy atom. The van der Waals surface area contributed by atoms with E-state index < -0.39 is 47.9 Å². The lowest BCUT2D eigenvalue weighted by Crippen LogP contribution is -2.43. The number of aromatic nitrogens is 2. The van der Waals surface area contributed by atoms with E-state index in [4.69, 9.17) is 9.47 Å². The predicted octanol–water partition coefficient (Wildman–Crippen LogP) is 9.36. The van der Waals surface area contributed by atoms with Gasteiger partial charge in [0.2, 0.25) is 11.8 Å². The van der Waals surface area contributed by atoms with Crippen LogP contribution in [-0.2, 0) is 9.59 Å². The van der Waals surface area contributed by atoms with Gasteiger partial charge in [-0.05, 0) is 136 Å². The first-order valence-corrected chi connectivity index (χ1v) is 24.4. The molecular weight excluding hydrogens is 1010 g/mol. The first-order chi connectivity index (χ1) is 36.5. The average Bonchev–Trinajstić information content (AvgIpc) is 3.93. The molecule has 2 fully saturated rings. The van der Waals surface area contributed by atoms with E-state index in [0.29, 0.717) is 87.5 Å². The van der Waals surface area contributed by atoms with E-state index in [1.165, 1.54) is 36.4 Å². The Bertz CT molecular complexity index is 2770. The highest BCUT2D eigenvalue weighted by Gasteiger charge is 2.45. The van der Waals surface area contributed by atoms with E-state index in [0.717, 1.165) is 24.3 Å². The number of ether oxygens (including phenoxy) is 6. The number of rotatable bonds is 16. The number of carbonyl (C=O) groups excluding carboxylic acids is 2. The molecular formula is C54H50F8N6O8. The fraction of sp³-hybridized carbons (Fsp3) is 0.333. The third-order valence-electron chi connectivity index (χ3n) is 13.1. The summed E-state index contributed by atoms with van der Waals surface area (Å²) in [5, 5.41) is 6.04. The maximum atomic E-state index is 13.7. The quantitative estimate of drug-likeness (QED) is 0.0892. The molecule has 0 radical (unpaired) electrons. The number of nitrogens with zero attached hydrogens (tertiary/aromatic N) is 4. The number of benzene rings is 4. The smallest absolute Gasteiger partial charge is 0.489 e. The maximum Gasteiger partial charge on any atom is 0.586 e. The van der Waals surface area contributed by atoms with Gasteiger partial charge in [-0.15, -0.1) is 17.6 Å². The van der Waals surface area contributed by atoms with Gasteiger partial charge in [-0.1, -0.05) is 24.3 Å². The second kappa shape index (κ2) is 23.4. The largest absolute Gasteiger partial charge is 0.586 e. The van der Waals surface area contributed by atoms with E-state index in [1.54, 1.807) is 60.9 Å². The Hall–Kier alpha value is -7.72. The van der Waals surface area contributed by atoms with Gasteiger partial charge in [-0.2, -0.15) is 0 Å². The molecule has 2 unspecified atom stereocenters. The summed E-state index contributed by atoms with van der Waals surface area (Å²) in [5.74, 6) is -4.09. The molecule has 6 heterocycles. The third kappa shape index (κ3) is 13.6. The van der Waals surface area contributed by atoms with Crippen LogP contribution in [-0.4, -0.2) is 96.7 Å². The number of hydrogen-bond acceptors (Lipinski definition) is 12. The van der Waals surface area contributed by atoms with Crippen molar-refractivity contribution in [2.24, 2.45) is 11.8 Å². The summed E-state index contributed by atoms with van der Waals surface area (Å²) in [4.78, 5) is 39.4. The molecule has 2 amide bonds. The minimum atomic E-state index is -3.74. The van der Waals surface area contributed by atoms with Gasteiger partial charge in [0.05, 0.1) is 23.5 Å². The molecule has 2 N–H and O–H groups in total. The van der Waals surface area contributed by atoms with Gasteiger partial charge in [0.1, 0.15) is 24.8 Å². The third-order valence-corrected chi connectivity index (χ3v) is 13.1. The number of piperidine rings is 2. The Balaban J connectivity index is 0.000000186. The maximum absolute atomic E-state index is 13.7. The van der Waals surface area contributed by atoms with Crippen molar-refractivity contribution in [1.29, 1.82) is 0 Å². The summed E-state index contributed by atoms with van der Waals surface area (Å²) < 4.78 is 137. The van der Waals surface area contributed by atoms with Crippen LogP contribution in [0.1, 0.15) is 60.3 Å². The highest BCUT2D eigenvalue weighted by molar-refractivity contribution is 5.80. The van der Waals surface area contributed by atoms with Crippen molar-refractivity contribution in [3.05, 3.63) is 167 Å². The van der Waals surface area contributed by atoms with E-state index in [1.807, 2.05) is 0 Å². The molecule has 2 atom stereocenters. The molecule has 0 aliphatic carbocycles. The first kappa shape index (κ1) is 53.1. The Labute approximate surface area is 430 Å². The Morgan fingerprint density at radius 1 is 0.539 bits per heavy atom. The van der Waals surface area contributed by atoms with E-state index in [2.05, 4.69) is 49.3 Å². The zero-order valence-electron chi connectivity index (χ0n) is 40.4. The molecule has 10 rings (SSSR count). The van der Waals surface area contributed by atoms with Gasteiger partial charge in [-0.3, -0.25) is 29.4 Å². The fourth-order valence-corrected chi connectivity index (χ4v) is 9.15. The van der Waals surface area contributed by atoms with Gasteiger partial charge in [0.25, 0.3) is 0 Å². The Morgan fingerprint density at radius 3 is 1.30 bits per heavy atom. The predicted molar refractivity (Wildman–Crippen MR) is 256 cm³/mol. The van der Waals surface area contributed by atoms with Crippen molar-refractivity contribution >= 4 is 11.8 Å². The van der Waals surface area contributed by atoms with Crippen molar-refractivity contribution in [3.63, 3.8) is 0 Å².